The maximum atomic E-state index is 11.0. The standard InChI is InChI=1S/C13H19N3O2/c1-8(15-9(2)13(14)18)11-5-4-6-12(7-11)16-10(3)17/h4-9,15H,1-3H3,(H2,14,18)(H,16,17). The summed E-state index contributed by atoms with van der Waals surface area (Å²) in [7, 11) is 0. The third-order valence-corrected chi connectivity index (χ3v) is 2.63. The van der Waals surface area contributed by atoms with Crippen LogP contribution in [0, 0.1) is 0 Å². The van der Waals surface area contributed by atoms with E-state index in [4.69, 9.17) is 5.73 Å². The van der Waals surface area contributed by atoms with E-state index in [2.05, 4.69) is 10.6 Å². The highest BCUT2D eigenvalue weighted by atomic mass is 16.1. The van der Waals surface area contributed by atoms with Crippen molar-refractivity contribution < 1.29 is 9.59 Å². The maximum absolute atomic E-state index is 11.0. The first-order chi connectivity index (χ1) is 8.40. The zero-order valence-corrected chi connectivity index (χ0v) is 10.9. The Morgan fingerprint density at radius 2 is 1.94 bits per heavy atom. The molecule has 1 rings (SSSR count). The molecule has 2 unspecified atom stereocenters. The number of anilines is 1. The number of amides is 2. The second kappa shape index (κ2) is 6.16. The van der Waals surface area contributed by atoms with Gasteiger partial charge in [-0.25, -0.2) is 0 Å². The molecule has 5 nitrogen and oxygen atoms in total. The van der Waals surface area contributed by atoms with Gasteiger partial charge in [0.1, 0.15) is 0 Å². The lowest BCUT2D eigenvalue weighted by atomic mass is 10.1. The molecule has 98 valence electrons. The predicted octanol–water partition coefficient (Wildman–Crippen LogP) is 1.17. The molecule has 1 aromatic carbocycles. The van der Waals surface area contributed by atoms with Gasteiger partial charge >= 0.3 is 0 Å². The molecule has 0 radical (unpaired) electrons. The highest BCUT2D eigenvalue weighted by Gasteiger charge is 2.13. The summed E-state index contributed by atoms with van der Waals surface area (Å²) >= 11 is 0. The Morgan fingerprint density at radius 3 is 2.50 bits per heavy atom. The van der Waals surface area contributed by atoms with Gasteiger partial charge in [-0.15, -0.1) is 0 Å². The molecule has 0 heterocycles. The van der Waals surface area contributed by atoms with Crippen LogP contribution in [0.4, 0.5) is 5.69 Å². The summed E-state index contributed by atoms with van der Waals surface area (Å²) in [6.45, 7) is 5.12. The highest BCUT2D eigenvalue weighted by molar-refractivity contribution is 5.88. The van der Waals surface area contributed by atoms with Gasteiger partial charge in [0.2, 0.25) is 11.8 Å². The van der Waals surface area contributed by atoms with Crippen LogP contribution in [-0.2, 0) is 9.59 Å². The largest absolute Gasteiger partial charge is 0.368 e. The fourth-order valence-electron chi connectivity index (χ4n) is 1.64. The van der Waals surface area contributed by atoms with E-state index in [9.17, 15) is 9.59 Å². The van der Waals surface area contributed by atoms with Crippen molar-refractivity contribution in [3.05, 3.63) is 29.8 Å². The Morgan fingerprint density at radius 1 is 1.28 bits per heavy atom. The van der Waals surface area contributed by atoms with Crippen molar-refractivity contribution in [2.24, 2.45) is 5.73 Å². The summed E-state index contributed by atoms with van der Waals surface area (Å²) in [4.78, 5) is 22.0. The lowest BCUT2D eigenvalue weighted by Gasteiger charge is -2.18. The van der Waals surface area contributed by atoms with Gasteiger partial charge in [-0.1, -0.05) is 12.1 Å². The van der Waals surface area contributed by atoms with E-state index in [1.54, 1.807) is 6.92 Å². The van der Waals surface area contributed by atoms with E-state index < -0.39 is 6.04 Å². The second-order valence-corrected chi connectivity index (χ2v) is 4.32. The van der Waals surface area contributed by atoms with Gasteiger partial charge < -0.3 is 11.1 Å². The van der Waals surface area contributed by atoms with Gasteiger partial charge in [0.25, 0.3) is 0 Å². The highest BCUT2D eigenvalue weighted by Crippen LogP contribution is 2.17. The Kier molecular flexibility index (Phi) is 4.85. The van der Waals surface area contributed by atoms with Crippen LogP contribution >= 0.6 is 0 Å². The van der Waals surface area contributed by atoms with Gasteiger partial charge in [-0.2, -0.15) is 0 Å². The van der Waals surface area contributed by atoms with E-state index in [0.29, 0.717) is 0 Å². The van der Waals surface area contributed by atoms with Crippen LogP contribution in [-0.4, -0.2) is 17.9 Å². The minimum atomic E-state index is -0.399. The first-order valence-electron chi connectivity index (χ1n) is 5.83. The van der Waals surface area contributed by atoms with Crippen LogP contribution in [0.2, 0.25) is 0 Å². The summed E-state index contributed by atoms with van der Waals surface area (Å²) in [6.07, 6.45) is 0. The lowest BCUT2D eigenvalue weighted by molar-refractivity contribution is -0.119. The Bertz CT molecular complexity index is 446. The van der Waals surface area contributed by atoms with Crippen LogP contribution in [0.25, 0.3) is 0 Å². The Balaban J connectivity index is 2.76. The molecule has 2 atom stereocenters. The number of primary amides is 1. The number of hydrogen-bond donors (Lipinski definition) is 3. The Hall–Kier alpha value is -1.88. The molecular weight excluding hydrogens is 230 g/mol. The summed E-state index contributed by atoms with van der Waals surface area (Å²) in [5.41, 5.74) is 6.92. The quantitative estimate of drug-likeness (QED) is 0.732. The topological polar surface area (TPSA) is 84.2 Å². The van der Waals surface area contributed by atoms with Crippen LogP contribution in [0.1, 0.15) is 32.4 Å². The lowest BCUT2D eigenvalue weighted by Crippen LogP contribution is -2.40. The van der Waals surface area contributed by atoms with Gasteiger partial charge in [0, 0.05) is 18.7 Å². The molecule has 0 spiro atoms. The zero-order valence-electron chi connectivity index (χ0n) is 10.9. The van der Waals surface area contributed by atoms with E-state index in [1.807, 2.05) is 31.2 Å². The first kappa shape index (κ1) is 14.2. The third kappa shape index (κ3) is 4.18. The molecule has 18 heavy (non-hydrogen) atoms. The molecule has 0 saturated heterocycles. The molecule has 1 aromatic rings. The van der Waals surface area contributed by atoms with Crippen LogP contribution < -0.4 is 16.4 Å². The average Bonchev–Trinajstić information content (AvgIpc) is 2.28. The van der Waals surface area contributed by atoms with Crippen molar-refractivity contribution in [1.29, 1.82) is 0 Å². The van der Waals surface area contributed by atoms with Gasteiger partial charge in [0.15, 0.2) is 0 Å². The molecule has 0 aliphatic rings. The van der Waals surface area contributed by atoms with Crippen molar-refractivity contribution in [3.8, 4) is 0 Å². The number of nitrogens with two attached hydrogens (primary N) is 1. The van der Waals surface area contributed by atoms with Crippen LogP contribution in [0.15, 0.2) is 24.3 Å². The van der Waals surface area contributed by atoms with Gasteiger partial charge in [-0.05, 0) is 31.5 Å². The molecular formula is C13H19N3O2. The fraction of sp³-hybridized carbons (Fsp3) is 0.385. The van der Waals surface area contributed by atoms with Crippen molar-refractivity contribution in [3.63, 3.8) is 0 Å². The average molecular weight is 249 g/mol. The third-order valence-electron chi connectivity index (χ3n) is 2.63. The minimum Gasteiger partial charge on any atom is -0.368 e. The van der Waals surface area contributed by atoms with Crippen molar-refractivity contribution >= 4 is 17.5 Å². The number of benzene rings is 1. The van der Waals surface area contributed by atoms with Gasteiger partial charge in [-0.3, -0.25) is 14.9 Å². The Labute approximate surface area is 107 Å². The molecule has 2 amide bonds. The normalized spacial score (nSPS) is 13.7. The maximum Gasteiger partial charge on any atom is 0.234 e. The van der Waals surface area contributed by atoms with E-state index in [-0.39, 0.29) is 17.9 Å². The number of nitrogens with one attached hydrogen (secondary N) is 2. The second-order valence-electron chi connectivity index (χ2n) is 4.32. The van der Waals surface area contributed by atoms with Crippen LogP contribution in [0.5, 0.6) is 0 Å². The van der Waals surface area contributed by atoms with Crippen LogP contribution in [0.3, 0.4) is 0 Å². The minimum absolute atomic E-state index is 0.0267. The number of carbonyl (C=O) groups is 2. The SMILES string of the molecule is CC(=O)Nc1cccc(C(C)NC(C)C(N)=O)c1. The molecule has 0 bridgehead atoms. The summed E-state index contributed by atoms with van der Waals surface area (Å²) in [5.74, 6) is -0.502. The van der Waals surface area contributed by atoms with E-state index in [0.717, 1.165) is 11.3 Å². The van der Waals surface area contributed by atoms with Crippen molar-refractivity contribution in [1.82, 2.24) is 5.32 Å². The number of carbonyl (C=O) groups excluding carboxylic acids is 2. The van der Waals surface area contributed by atoms with Crippen molar-refractivity contribution in [2.45, 2.75) is 32.9 Å². The molecule has 4 N–H and O–H groups in total. The van der Waals surface area contributed by atoms with Crippen molar-refractivity contribution in [2.75, 3.05) is 5.32 Å². The van der Waals surface area contributed by atoms with Gasteiger partial charge in [0.05, 0.1) is 6.04 Å². The first-order valence-corrected chi connectivity index (χ1v) is 5.83. The molecule has 0 aromatic heterocycles. The summed E-state index contributed by atoms with van der Waals surface area (Å²) in [6, 6.07) is 7.04. The molecule has 0 saturated carbocycles. The number of rotatable bonds is 5. The predicted molar refractivity (Wildman–Crippen MR) is 71.0 cm³/mol. The summed E-state index contributed by atoms with van der Waals surface area (Å²) in [5, 5.41) is 5.81. The fourth-order valence-corrected chi connectivity index (χ4v) is 1.64. The van der Waals surface area contributed by atoms with E-state index >= 15 is 0 Å². The summed E-state index contributed by atoms with van der Waals surface area (Å²) < 4.78 is 0. The molecule has 0 aliphatic carbocycles. The number of hydrogen-bond acceptors (Lipinski definition) is 3. The zero-order chi connectivity index (χ0) is 13.7. The molecule has 5 heteroatoms. The molecule has 0 fully saturated rings. The monoisotopic (exact) mass is 249 g/mol. The smallest absolute Gasteiger partial charge is 0.234 e. The van der Waals surface area contributed by atoms with E-state index in [1.165, 1.54) is 6.92 Å². The molecule has 0 aliphatic heterocycles.